The minimum Gasteiger partial charge on any atom is -0.352 e. The summed E-state index contributed by atoms with van der Waals surface area (Å²) in [5.74, 6) is 0.130. The van der Waals surface area contributed by atoms with Gasteiger partial charge in [0.2, 0.25) is 11.8 Å². The molecule has 3 rings (SSSR count). The predicted octanol–water partition coefficient (Wildman–Crippen LogP) is 0.391. The third-order valence-corrected chi connectivity index (χ3v) is 4.56. The van der Waals surface area contributed by atoms with Crippen LogP contribution in [0.15, 0.2) is 24.5 Å². The van der Waals surface area contributed by atoms with E-state index in [0.29, 0.717) is 6.54 Å². The molecule has 1 N–H and O–H groups in total. The topological polar surface area (TPSA) is 65.5 Å². The number of rotatable bonds is 3. The molecule has 3 heterocycles. The fraction of sp³-hybridized carbons (Fsp3) is 0.562. The highest BCUT2D eigenvalue weighted by Crippen LogP contribution is 2.27. The molecule has 2 saturated heterocycles. The largest absolute Gasteiger partial charge is 0.352 e. The van der Waals surface area contributed by atoms with Gasteiger partial charge in [0.25, 0.3) is 0 Å². The van der Waals surface area contributed by atoms with Crippen molar-refractivity contribution in [1.82, 2.24) is 20.1 Å². The van der Waals surface area contributed by atoms with Gasteiger partial charge in [-0.2, -0.15) is 0 Å². The van der Waals surface area contributed by atoms with E-state index >= 15 is 0 Å². The van der Waals surface area contributed by atoms with E-state index in [1.807, 2.05) is 30.2 Å². The van der Waals surface area contributed by atoms with Crippen LogP contribution in [0.1, 0.15) is 25.8 Å². The van der Waals surface area contributed by atoms with Gasteiger partial charge in [0.05, 0.1) is 6.04 Å². The van der Waals surface area contributed by atoms with Gasteiger partial charge in [-0.1, -0.05) is 6.07 Å². The summed E-state index contributed by atoms with van der Waals surface area (Å²) in [6.07, 6.45) is 4.44. The molecule has 118 valence electrons. The molecule has 3 atom stereocenters. The molecule has 22 heavy (non-hydrogen) atoms. The van der Waals surface area contributed by atoms with Crippen molar-refractivity contribution >= 4 is 11.8 Å². The molecule has 0 aliphatic carbocycles. The summed E-state index contributed by atoms with van der Waals surface area (Å²) >= 11 is 0. The zero-order chi connectivity index (χ0) is 15.7. The van der Waals surface area contributed by atoms with Crippen LogP contribution in [0.2, 0.25) is 0 Å². The summed E-state index contributed by atoms with van der Waals surface area (Å²) in [4.78, 5) is 32.1. The minimum atomic E-state index is -0.132. The van der Waals surface area contributed by atoms with Crippen LogP contribution in [0.25, 0.3) is 0 Å². The third kappa shape index (κ3) is 2.97. The van der Waals surface area contributed by atoms with Crippen LogP contribution >= 0.6 is 0 Å². The molecule has 0 bridgehead atoms. The van der Waals surface area contributed by atoms with Gasteiger partial charge in [-0.3, -0.25) is 19.5 Å². The Balaban J connectivity index is 1.69. The number of carbonyl (C=O) groups excluding carboxylic acids is 2. The molecule has 1 aromatic heterocycles. The molecular formula is C16H22N4O2. The molecule has 2 aliphatic rings. The fourth-order valence-electron chi connectivity index (χ4n) is 3.50. The van der Waals surface area contributed by atoms with E-state index in [2.05, 4.69) is 15.2 Å². The van der Waals surface area contributed by atoms with Crippen LogP contribution in [0, 0.1) is 0 Å². The van der Waals surface area contributed by atoms with Gasteiger partial charge in [0.1, 0.15) is 0 Å². The van der Waals surface area contributed by atoms with Crippen LogP contribution < -0.4 is 5.32 Å². The zero-order valence-corrected chi connectivity index (χ0v) is 13.0. The number of nitrogens with one attached hydrogen (secondary N) is 1. The Labute approximate surface area is 130 Å². The number of pyridine rings is 1. The first kappa shape index (κ1) is 15.0. The Morgan fingerprint density at radius 2 is 2.27 bits per heavy atom. The number of nitrogens with zero attached hydrogens (tertiary/aromatic N) is 3. The number of fused-ring (bicyclic) bond motifs is 1. The van der Waals surface area contributed by atoms with E-state index in [-0.39, 0.29) is 29.9 Å². The van der Waals surface area contributed by atoms with E-state index in [1.54, 1.807) is 6.20 Å². The molecular weight excluding hydrogens is 280 g/mol. The summed E-state index contributed by atoms with van der Waals surface area (Å²) in [6, 6.07) is 4.09. The molecule has 6 heteroatoms. The lowest BCUT2D eigenvalue weighted by Crippen LogP contribution is -2.58. The lowest BCUT2D eigenvalue weighted by Gasteiger charge is -2.41. The molecule has 0 unspecified atom stereocenters. The standard InChI is InChI=1S/C16H22N4O2/c1-11-16(22)20-9-14(18-12(2)21)6-15(20)10-19(11)8-13-4-3-5-17-7-13/h3-5,7,11,14-15H,6,8-10H2,1-2H3,(H,18,21)/t11-,14-,15-/m0/s1. The fourth-order valence-corrected chi connectivity index (χ4v) is 3.50. The minimum absolute atomic E-state index is 0.0300. The molecule has 2 aliphatic heterocycles. The lowest BCUT2D eigenvalue weighted by molar-refractivity contribution is -0.143. The first-order valence-electron chi connectivity index (χ1n) is 7.75. The highest BCUT2D eigenvalue weighted by molar-refractivity contribution is 5.83. The number of piperazine rings is 1. The lowest BCUT2D eigenvalue weighted by atomic mass is 10.1. The second-order valence-electron chi connectivity index (χ2n) is 6.24. The maximum atomic E-state index is 12.6. The van der Waals surface area contributed by atoms with Crippen molar-refractivity contribution in [3.8, 4) is 0 Å². The van der Waals surface area contributed by atoms with Crippen LogP contribution in [0.5, 0.6) is 0 Å². The number of amides is 2. The molecule has 0 aromatic carbocycles. The summed E-state index contributed by atoms with van der Waals surface area (Å²) in [7, 11) is 0. The van der Waals surface area contributed by atoms with Gasteiger partial charge in [0, 0.05) is 51.0 Å². The van der Waals surface area contributed by atoms with Gasteiger partial charge in [-0.15, -0.1) is 0 Å². The number of hydrogen-bond acceptors (Lipinski definition) is 4. The first-order chi connectivity index (χ1) is 10.5. The Hall–Kier alpha value is -1.95. The van der Waals surface area contributed by atoms with Crippen molar-refractivity contribution in [2.75, 3.05) is 13.1 Å². The zero-order valence-electron chi connectivity index (χ0n) is 13.0. The molecule has 2 amide bonds. The van der Waals surface area contributed by atoms with Crippen LogP contribution in [-0.4, -0.2) is 57.8 Å². The van der Waals surface area contributed by atoms with Crippen LogP contribution in [0.4, 0.5) is 0 Å². The molecule has 0 radical (unpaired) electrons. The normalized spacial score (nSPS) is 28.5. The molecule has 2 fully saturated rings. The van der Waals surface area contributed by atoms with Gasteiger partial charge in [0.15, 0.2) is 0 Å². The Kier molecular flexibility index (Phi) is 4.11. The molecule has 0 saturated carbocycles. The van der Waals surface area contributed by atoms with Crippen molar-refractivity contribution < 1.29 is 9.59 Å². The number of aromatic nitrogens is 1. The monoisotopic (exact) mass is 302 g/mol. The molecule has 6 nitrogen and oxygen atoms in total. The second kappa shape index (κ2) is 6.04. The van der Waals surface area contributed by atoms with Gasteiger partial charge in [-0.25, -0.2) is 0 Å². The highest BCUT2D eigenvalue weighted by atomic mass is 16.2. The average molecular weight is 302 g/mol. The predicted molar refractivity (Wildman–Crippen MR) is 81.8 cm³/mol. The van der Waals surface area contributed by atoms with E-state index in [4.69, 9.17) is 0 Å². The molecule has 1 aromatic rings. The Morgan fingerprint density at radius 1 is 1.45 bits per heavy atom. The van der Waals surface area contributed by atoms with E-state index in [0.717, 1.165) is 25.1 Å². The Morgan fingerprint density at radius 3 is 2.95 bits per heavy atom. The van der Waals surface area contributed by atoms with E-state index in [1.165, 1.54) is 6.92 Å². The third-order valence-electron chi connectivity index (χ3n) is 4.56. The highest BCUT2D eigenvalue weighted by Gasteiger charge is 2.43. The summed E-state index contributed by atoms with van der Waals surface area (Å²) < 4.78 is 0. The van der Waals surface area contributed by atoms with Crippen molar-refractivity contribution in [2.45, 2.75) is 44.9 Å². The van der Waals surface area contributed by atoms with Gasteiger partial charge in [-0.05, 0) is 25.0 Å². The van der Waals surface area contributed by atoms with Crippen LogP contribution in [-0.2, 0) is 16.1 Å². The van der Waals surface area contributed by atoms with Gasteiger partial charge < -0.3 is 10.2 Å². The van der Waals surface area contributed by atoms with Crippen molar-refractivity contribution in [1.29, 1.82) is 0 Å². The Bertz CT molecular complexity index is 563. The van der Waals surface area contributed by atoms with E-state index < -0.39 is 0 Å². The van der Waals surface area contributed by atoms with E-state index in [9.17, 15) is 9.59 Å². The van der Waals surface area contributed by atoms with Crippen molar-refractivity contribution in [2.24, 2.45) is 0 Å². The van der Waals surface area contributed by atoms with Crippen molar-refractivity contribution in [3.63, 3.8) is 0 Å². The maximum absolute atomic E-state index is 12.6. The first-order valence-corrected chi connectivity index (χ1v) is 7.75. The summed E-state index contributed by atoms with van der Waals surface area (Å²) in [6.45, 7) is 5.69. The average Bonchev–Trinajstić information content (AvgIpc) is 2.87. The number of hydrogen-bond donors (Lipinski definition) is 1. The second-order valence-corrected chi connectivity index (χ2v) is 6.24. The number of carbonyl (C=O) groups is 2. The van der Waals surface area contributed by atoms with Gasteiger partial charge >= 0.3 is 0 Å². The van der Waals surface area contributed by atoms with Crippen LogP contribution in [0.3, 0.4) is 0 Å². The summed E-state index contributed by atoms with van der Waals surface area (Å²) in [5, 5.41) is 2.94. The smallest absolute Gasteiger partial charge is 0.240 e. The maximum Gasteiger partial charge on any atom is 0.240 e. The van der Waals surface area contributed by atoms with Crippen molar-refractivity contribution in [3.05, 3.63) is 30.1 Å². The molecule has 0 spiro atoms. The summed E-state index contributed by atoms with van der Waals surface area (Å²) in [5.41, 5.74) is 1.12. The quantitative estimate of drug-likeness (QED) is 0.877. The SMILES string of the molecule is CC(=O)N[C@H]1C[C@H]2CN(Cc3cccnc3)[C@@H](C)C(=O)N2C1.